The minimum atomic E-state index is -0.530. The summed E-state index contributed by atoms with van der Waals surface area (Å²) in [6, 6.07) is 10.2. The summed E-state index contributed by atoms with van der Waals surface area (Å²) >= 11 is 6.89. The lowest BCUT2D eigenvalue weighted by Crippen LogP contribution is -2.46. The van der Waals surface area contributed by atoms with Crippen LogP contribution in [0.4, 0.5) is 10.5 Å². The molecule has 0 aliphatic carbocycles. The summed E-state index contributed by atoms with van der Waals surface area (Å²) in [4.78, 5) is 53.0. The Bertz CT molecular complexity index is 1310. The molecule has 2 aliphatic heterocycles. The number of nitrogens with zero attached hydrogens (tertiary/aromatic N) is 2. The second kappa shape index (κ2) is 13.0. The van der Waals surface area contributed by atoms with Crippen LogP contribution in [-0.2, 0) is 19.1 Å². The summed E-state index contributed by atoms with van der Waals surface area (Å²) in [6.45, 7) is 5.17. The number of imide groups is 1. The Kier molecular flexibility index (Phi) is 9.50. The lowest BCUT2D eigenvalue weighted by Gasteiger charge is -2.28. The number of halogens is 1. The van der Waals surface area contributed by atoms with Gasteiger partial charge >= 0.3 is 0 Å². The Labute approximate surface area is 235 Å². The van der Waals surface area contributed by atoms with Crippen LogP contribution in [0.2, 0.25) is 5.02 Å². The monoisotopic (exact) mass is 573 g/mol. The van der Waals surface area contributed by atoms with Crippen molar-refractivity contribution < 1.29 is 33.4 Å². The highest BCUT2D eigenvalue weighted by Gasteiger charge is 2.37. The molecule has 0 spiro atoms. The van der Waals surface area contributed by atoms with Crippen molar-refractivity contribution in [2.24, 2.45) is 0 Å². The van der Waals surface area contributed by atoms with Crippen LogP contribution >= 0.6 is 23.4 Å². The molecule has 2 aromatic carbocycles. The van der Waals surface area contributed by atoms with Gasteiger partial charge in [0.25, 0.3) is 17.1 Å². The van der Waals surface area contributed by atoms with Gasteiger partial charge in [-0.25, -0.2) is 0 Å². The summed E-state index contributed by atoms with van der Waals surface area (Å²) in [7, 11) is 0. The molecule has 0 radical (unpaired) electrons. The summed E-state index contributed by atoms with van der Waals surface area (Å²) in [5, 5.41) is 2.77. The van der Waals surface area contributed by atoms with Crippen molar-refractivity contribution in [3.05, 3.63) is 57.5 Å². The SMILES string of the molecule is CCOc1cc(/C=C2\SC(=O)N(CC(=O)N3CCOCC3)C2=O)ccc1OCC(=O)Nc1ccc(C)c(Cl)c1. The fourth-order valence-electron chi connectivity index (χ4n) is 3.85. The minimum Gasteiger partial charge on any atom is -0.490 e. The number of thioether (sulfide) groups is 1. The van der Waals surface area contributed by atoms with Gasteiger partial charge < -0.3 is 24.4 Å². The number of rotatable bonds is 9. The highest BCUT2D eigenvalue weighted by atomic mass is 35.5. The lowest BCUT2D eigenvalue weighted by atomic mass is 10.2. The number of benzene rings is 2. The molecule has 2 fully saturated rings. The van der Waals surface area contributed by atoms with Gasteiger partial charge in [-0.1, -0.05) is 23.7 Å². The average molecular weight is 574 g/mol. The highest BCUT2D eigenvalue weighted by Crippen LogP contribution is 2.35. The quantitative estimate of drug-likeness (QED) is 0.448. The third-order valence-corrected chi connectivity index (χ3v) is 7.23. The molecule has 0 saturated carbocycles. The van der Waals surface area contributed by atoms with Crippen LogP contribution in [0.25, 0.3) is 6.08 Å². The number of carbonyl (C=O) groups is 4. The van der Waals surface area contributed by atoms with Gasteiger partial charge in [-0.05, 0) is 67.1 Å². The molecule has 2 saturated heterocycles. The van der Waals surface area contributed by atoms with E-state index in [1.165, 1.54) is 0 Å². The number of carbonyl (C=O) groups excluding carboxylic acids is 4. The van der Waals surface area contributed by atoms with E-state index in [0.717, 1.165) is 22.2 Å². The number of hydrogen-bond donors (Lipinski definition) is 1. The molecule has 2 aromatic rings. The molecule has 4 amide bonds. The maximum atomic E-state index is 12.9. The third-order valence-electron chi connectivity index (χ3n) is 5.91. The first-order valence-electron chi connectivity index (χ1n) is 12.3. The standard InChI is InChI=1S/C27H28ClN3O7S/c1-3-37-22-12-18(5-7-21(22)38-16-24(32)29-19-6-4-17(2)20(28)14-19)13-23-26(34)31(27(35)39-23)15-25(33)30-8-10-36-11-9-30/h4-7,12-14H,3,8-11,15-16H2,1-2H3,(H,29,32)/b23-13-. The van der Waals surface area contributed by atoms with E-state index in [1.54, 1.807) is 54.3 Å². The molecular weight excluding hydrogens is 546 g/mol. The third kappa shape index (κ3) is 7.31. The van der Waals surface area contributed by atoms with Crippen molar-refractivity contribution in [2.75, 3.05) is 51.4 Å². The van der Waals surface area contributed by atoms with E-state index < -0.39 is 11.1 Å². The Balaban J connectivity index is 1.40. The van der Waals surface area contributed by atoms with E-state index in [9.17, 15) is 19.2 Å². The predicted molar refractivity (Wildman–Crippen MR) is 148 cm³/mol. The minimum absolute atomic E-state index is 0.196. The molecule has 0 bridgehead atoms. The number of ether oxygens (including phenoxy) is 3. The van der Waals surface area contributed by atoms with Crippen LogP contribution in [0.1, 0.15) is 18.1 Å². The van der Waals surface area contributed by atoms with Gasteiger partial charge in [0, 0.05) is 23.8 Å². The van der Waals surface area contributed by atoms with Crippen LogP contribution in [0, 0.1) is 6.92 Å². The number of amides is 4. The molecule has 2 heterocycles. The predicted octanol–water partition coefficient (Wildman–Crippen LogP) is 3.96. The topological polar surface area (TPSA) is 114 Å². The van der Waals surface area contributed by atoms with Gasteiger partial charge in [0.05, 0.1) is 24.7 Å². The molecule has 0 unspecified atom stereocenters. The Morgan fingerprint density at radius 2 is 1.87 bits per heavy atom. The van der Waals surface area contributed by atoms with E-state index in [2.05, 4.69) is 5.32 Å². The molecule has 1 N–H and O–H groups in total. The van der Waals surface area contributed by atoms with Gasteiger partial charge in [-0.3, -0.25) is 24.1 Å². The van der Waals surface area contributed by atoms with Gasteiger partial charge in [0.2, 0.25) is 5.91 Å². The molecule has 0 aromatic heterocycles. The zero-order valence-electron chi connectivity index (χ0n) is 21.5. The van der Waals surface area contributed by atoms with E-state index in [0.29, 0.717) is 60.7 Å². The number of anilines is 1. The summed E-state index contributed by atoms with van der Waals surface area (Å²) in [5.41, 5.74) is 2.05. The average Bonchev–Trinajstić information content (AvgIpc) is 3.18. The molecular formula is C27H28ClN3O7S. The van der Waals surface area contributed by atoms with Gasteiger partial charge in [0.1, 0.15) is 6.54 Å². The summed E-state index contributed by atoms with van der Waals surface area (Å²) in [6.07, 6.45) is 1.56. The molecule has 0 atom stereocenters. The first-order valence-corrected chi connectivity index (χ1v) is 13.5. The normalized spacial score (nSPS) is 16.5. The molecule has 12 heteroatoms. The molecule has 2 aliphatic rings. The van der Waals surface area contributed by atoms with E-state index in [-0.39, 0.29) is 29.9 Å². The van der Waals surface area contributed by atoms with E-state index in [4.69, 9.17) is 25.8 Å². The second-order valence-electron chi connectivity index (χ2n) is 8.70. The lowest BCUT2D eigenvalue weighted by molar-refractivity contribution is -0.139. The van der Waals surface area contributed by atoms with Gasteiger partial charge in [-0.15, -0.1) is 0 Å². The summed E-state index contributed by atoms with van der Waals surface area (Å²) in [5.74, 6) is -0.481. The Hall–Kier alpha value is -3.54. The van der Waals surface area contributed by atoms with Crippen molar-refractivity contribution in [3.63, 3.8) is 0 Å². The zero-order chi connectivity index (χ0) is 27.9. The van der Waals surface area contributed by atoms with Crippen molar-refractivity contribution in [1.29, 1.82) is 0 Å². The molecule has 10 nitrogen and oxygen atoms in total. The van der Waals surface area contributed by atoms with Crippen LogP contribution in [-0.4, -0.2) is 78.8 Å². The van der Waals surface area contributed by atoms with Gasteiger partial charge in [0.15, 0.2) is 18.1 Å². The first kappa shape index (κ1) is 28.5. The van der Waals surface area contributed by atoms with Crippen molar-refractivity contribution in [1.82, 2.24) is 9.80 Å². The fourth-order valence-corrected chi connectivity index (χ4v) is 4.87. The van der Waals surface area contributed by atoms with Crippen molar-refractivity contribution >= 4 is 58.1 Å². The number of morpholine rings is 1. The largest absolute Gasteiger partial charge is 0.490 e. The number of aryl methyl sites for hydroxylation is 1. The Morgan fingerprint density at radius 3 is 2.59 bits per heavy atom. The van der Waals surface area contributed by atoms with Crippen molar-refractivity contribution in [3.8, 4) is 11.5 Å². The maximum absolute atomic E-state index is 12.9. The van der Waals surface area contributed by atoms with Crippen LogP contribution in [0.3, 0.4) is 0 Å². The molecule has 206 valence electrons. The fraction of sp³-hybridized carbons (Fsp3) is 0.333. The van der Waals surface area contributed by atoms with Crippen molar-refractivity contribution in [2.45, 2.75) is 13.8 Å². The van der Waals surface area contributed by atoms with Crippen LogP contribution in [0.15, 0.2) is 41.3 Å². The van der Waals surface area contributed by atoms with E-state index in [1.807, 2.05) is 6.92 Å². The van der Waals surface area contributed by atoms with E-state index >= 15 is 0 Å². The van der Waals surface area contributed by atoms with Gasteiger partial charge in [-0.2, -0.15) is 0 Å². The van der Waals surface area contributed by atoms with Crippen LogP contribution in [0.5, 0.6) is 11.5 Å². The van der Waals surface area contributed by atoms with Crippen LogP contribution < -0.4 is 14.8 Å². The zero-order valence-corrected chi connectivity index (χ0v) is 23.1. The highest BCUT2D eigenvalue weighted by molar-refractivity contribution is 8.18. The smallest absolute Gasteiger partial charge is 0.294 e. The molecule has 4 rings (SSSR count). The molecule has 39 heavy (non-hydrogen) atoms. The first-order chi connectivity index (χ1) is 18.7. The Morgan fingerprint density at radius 1 is 1.10 bits per heavy atom. The number of hydrogen-bond acceptors (Lipinski definition) is 8. The number of nitrogens with one attached hydrogen (secondary N) is 1. The summed E-state index contributed by atoms with van der Waals surface area (Å²) < 4.78 is 16.6. The maximum Gasteiger partial charge on any atom is 0.294 e. The second-order valence-corrected chi connectivity index (χ2v) is 10.1.